The molecule has 0 bridgehead atoms. The van der Waals surface area contributed by atoms with Gasteiger partial charge in [-0.05, 0) is 24.5 Å². The number of hydrogen-bond donors (Lipinski definition) is 2. The molecule has 2 amide bonds. The van der Waals surface area contributed by atoms with Gasteiger partial charge in [-0.2, -0.15) is 11.8 Å². The van der Waals surface area contributed by atoms with Crippen molar-refractivity contribution in [3.8, 4) is 0 Å². The Kier molecular flexibility index (Phi) is 5.31. The molecule has 17 heavy (non-hydrogen) atoms. The molecule has 4 nitrogen and oxygen atoms in total. The lowest BCUT2D eigenvalue weighted by molar-refractivity contribution is -0.114. The van der Waals surface area contributed by atoms with Crippen molar-refractivity contribution in [3.63, 3.8) is 0 Å². The van der Waals surface area contributed by atoms with E-state index in [1.165, 1.54) is 18.7 Å². The molecule has 0 saturated heterocycles. The molecule has 1 aromatic rings. The number of rotatable bonds is 4. The van der Waals surface area contributed by atoms with Crippen molar-refractivity contribution in [2.24, 2.45) is 0 Å². The highest BCUT2D eigenvalue weighted by Crippen LogP contribution is 2.25. The Hall–Kier alpha value is -1.20. The third-order valence-corrected chi connectivity index (χ3v) is 2.70. The highest BCUT2D eigenvalue weighted by molar-refractivity contribution is 7.99. The third kappa shape index (κ3) is 4.66. The summed E-state index contributed by atoms with van der Waals surface area (Å²) in [7, 11) is 0. The minimum absolute atomic E-state index is 0.0826. The monoisotopic (exact) mass is 272 g/mol. The Morgan fingerprint density at radius 1 is 1.35 bits per heavy atom. The van der Waals surface area contributed by atoms with Crippen LogP contribution in [0.5, 0.6) is 0 Å². The third-order valence-electron chi connectivity index (χ3n) is 1.84. The Morgan fingerprint density at radius 3 is 2.59 bits per heavy atom. The van der Waals surface area contributed by atoms with Gasteiger partial charge >= 0.3 is 0 Å². The summed E-state index contributed by atoms with van der Waals surface area (Å²) in [5, 5.41) is 5.69. The van der Waals surface area contributed by atoms with Gasteiger partial charge in [0.15, 0.2) is 0 Å². The maximum Gasteiger partial charge on any atom is 0.234 e. The van der Waals surface area contributed by atoms with Gasteiger partial charge in [0.25, 0.3) is 0 Å². The summed E-state index contributed by atoms with van der Waals surface area (Å²) in [6.07, 6.45) is 1.85. The van der Waals surface area contributed by atoms with Crippen molar-refractivity contribution < 1.29 is 9.59 Å². The average molecular weight is 273 g/mol. The van der Waals surface area contributed by atoms with Crippen LogP contribution >= 0.6 is 23.4 Å². The molecule has 1 rings (SSSR count). The van der Waals surface area contributed by atoms with Gasteiger partial charge < -0.3 is 10.6 Å². The molecule has 0 aliphatic heterocycles. The van der Waals surface area contributed by atoms with Crippen molar-refractivity contribution in [2.45, 2.75) is 6.92 Å². The topological polar surface area (TPSA) is 58.2 Å². The maximum atomic E-state index is 11.3. The van der Waals surface area contributed by atoms with Gasteiger partial charge in [0, 0.05) is 12.6 Å². The molecule has 0 unspecified atom stereocenters. The zero-order valence-electron chi connectivity index (χ0n) is 9.54. The molecule has 0 radical (unpaired) electrons. The van der Waals surface area contributed by atoms with E-state index in [1.807, 2.05) is 6.26 Å². The summed E-state index contributed by atoms with van der Waals surface area (Å²) in [5.41, 5.74) is 1.14. The van der Waals surface area contributed by atoms with E-state index in [0.717, 1.165) is 0 Å². The molecule has 0 atom stereocenters. The van der Waals surface area contributed by atoms with Crippen molar-refractivity contribution >= 4 is 46.6 Å². The van der Waals surface area contributed by atoms with Crippen LogP contribution in [0.4, 0.5) is 11.4 Å². The lowest BCUT2D eigenvalue weighted by atomic mass is 10.2. The molecular formula is C11H13ClN2O2S. The fraction of sp³-hybridized carbons (Fsp3) is 0.273. The van der Waals surface area contributed by atoms with Gasteiger partial charge in [-0.25, -0.2) is 0 Å². The van der Waals surface area contributed by atoms with Crippen molar-refractivity contribution in [1.82, 2.24) is 0 Å². The second kappa shape index (κ2) is 6.51. The van der Waals surface area contributed by atoms with E-state index in [2.05, 4.69) is 10.6 Å². The first-order valence-corrected chi connectivity index (χ1v) is 6.66. The van der Waals surface area contributed by atoms with Gasteiger partial charge in [-0.3, -0.25) is 9.59 Å². The molecule has 0 saturated carbocycles. The Morgan fingerprint density at radius 2 is 2.06 bits per heavy atom. The summed E-state index contributed by atoms with van der Waals surface area (Å²) >= 11 is 7.41. The second-order valence-corrected chi connectivity index (χ2v) is 4.63. The first-order chi connectivity index (χ1) is 8.02. The largest absolute Gasteiger partial charge is 0.325 e. The van der Waals surface area contributed by atoms with E-state index in [9.17, 15) is 9.59 Å². The van der Waals surface area contributed by atoms with Crippen LogP contribution in [0.25, 0.3) is 0 Å². The van der Waals surface area contributed by atoms with Gasteiger partial charge in [0.2, 0.25) is 11.8 Å². The van der Waals surface area contributed by atoms with Crippen molar-refractivity contribution in [3.05, 3.63) is 23.2 Å². The molecule has 0 heterocycles. The zero-order valence-corrected chi connectivity index (χ0v) is 11.1. The quantitative estimate of drug-likeness (QED) is 0.886. The maximum absolute atomic E-state index is 11.3. The fourth-order valence-corrected chi connectivity index (χ4v) is 1.77. The minimum Gasteiger partial charge on any atom is -0.325 e. The van der Waals surface area contributed by atoms with Crippen LogP contribution in [0.1, 0.15) is 6.92 Å². The molecule has 0 fully saturated rings. The predicted octanol–water partition coefficient (Wildman–Crippen LogP) is 2.60. The summed E-state index contributed by atoms with van der Waals surface area (Å²) < 4.78 is 0. The molecule has 0 spiro atoms. The Bertz CT molecular complexity index is 437. The van der Waals surface area contributed by atoms with Crippen LogP contribution in [0.2, 0.25) is 5.02 Å². The van der Waals surface area contributed by atoms with E-state index < -0.39 is 0 Å². The van der Waals surface area contributed by atoms with E-state index in [0.29, 0.717) is 22.2 Å². The highest BCUT2D eigenvalue weighted by Gasteiger charge is 2.05. The standard InChI is InChI=1S/C11H13ClN2O2S/c1-7(15)13-10-4-3-8(5-9(10)12)14-11(16)6-17-2/h3-5H,6H2,1-2H3,(H,13,15)(H,14,16). The van der Waals surface area contributed by atoms with Gasteiger partial charge in [0.1, 0.15) is 0 Å². The number of hydrogen-bond acceptors (Lipinski definition) is 3. The number of carbonyl (C=O) groups is 2. The van der Waals surface area contributed by atoms with Crippen molar-refractivity contribution in [1.29, 1.82) is 0 Å². The SMILES string of the molecule is CSCC(=O)Nc1ccc(NC(C)=O)c(Cl)c1. The smallest absolute Gasteiger partial charge is 0.234 e. The van der Waals surface area contributed by atoms with E-state index in [1.54, 1.807) is 18.2 Å². The molecule has 0 aliphatic carbocycles. The summed E-state index contributed by atoms with van der Waals surface area (Å²) in [5.74, 6) is 0.123. The molecule has 0 aliphatic rings. The average Bonchev–Trinajstić information content (AvgIpc) is 2.22. The van der Waals surface area contributed by atoms with E-state index in [4.69, 9.17) is 11.6 Å². The number of nitrogens with one attached hydrogen (secondary N) is 2. The highest BCUT2D eigenvalue weighted by atomic mass is 35.5. The minimum atomic E-state index is -0.189. The van der Waals surface area contributed by atoms with Crippen molar-refractivity contribution in [2.75, 3.05) is 22.6 Å². The molecule has 1 aromatic carbocycles. The van der Waals surface area contributed by atoms with Crippen LogP contribution in [-0.4, -0.2) is 23.8 Å². The Labute approximate surface area is 109 Å². The van der Waals surface area contributed by atoms with Gasteiger partial charge in [0.05, 0.1) is 16.5 Å². The molecular weight excluding hydrogens is 260 g/mol. The van der Waals surface area contributed by atoms with Gasteiger partial charge in [-0.15, -0.1) is 0 Å². The summed E-state index contributed by atoms with van der Waals surface area (Å²) in [4.78, 5) is 22.2. The summed E-state index contributed by atoms with van der Waals surface area (Å²) in [6.45, 7) is 1.41. The number of amides is 2. The number of anilines is 2. The normalized spacial score (nSPS) is 9.82. The predicted molar refractivity (Wildman–Crippen MR) is 72.8 cm³/mol. The lowest BCUT2D eigenvalue weighted by Crippen LogP contribution is -2.14. The lowest BCUT2D eigenvalue weighted by Gasteiger charge is -2.08. The summed E-state index contributed by atoms with van der Waals surface area (Å²) in [6, 6.07) is 4.94. The van der Waals surface area contributed by atoms with Crippen LogP contribution in [0, 0.1) is 0 Å². The van der Waals surface area contributed by atoms with E-state index in [-0.39, 0.29) is 11.8 Å². The molecule has 92 valence electrons. The zero-order chi connectivity index (χ0) is 12.8. The number of carbonyl (C=O) groups excluding carboxylic acids is 2. The first-order valence-electron chi connectivity index (χ1n) is 4.89. The first kappa shape index (κ1) is 13.9. The molecule has 0 aromatic heterocycles. The van der Waals surface area contributed by atoms with E-state index >= 15 is 0 Å². The molecule has 6 heteroatoms. The van der Waals surface area contributed by atoms with Crippen LogP contribution in [0.3, 0.4) is 0 Å². The Balaban J connectivity index is 2.74. The van der Waals surface area contributed by atoms with Crippen LogP contribution in [-0.2, 0) is 9.59 Å². The number of benzene rings is 1. The fourth-order valence-electron chi connectivity index (χ4n) is 1.21. The van der Waals surface area contributed by atoms with Crippen LogP contribution < -0.4 is 10.6 Å². The van der Waals surface area contributed by atoms with Crippen LogP contribution in [0.15, 0.2) is 18.2 Å². The second-order valence-electron chi connectivity index (χ2n) is 3.36. The molecule has 2 N–H and O–H groups in total. The number of thioether (sulfide) groups is 1. The van der Waals surface area contributed by atoms with Gasteiger partial charge in [-0.1, -0.05) is 11.6 Å². The number of halogens is 1.